The molecule has 0 aliphatic carbocycles. The Balaban J connectivity index is 2.12. The Morgan fingerprint density at radius 3 is 2.45 bits per heavy atom. The number of aliphatic hydroxyl groups excluding tert-OH is 1. The third kappa shape index (κ3) is 3.57. The molecule has 2 rings (SSSR count). The molecule has 2 aromatic rings. The average Bonchev–Trinajstić information content (AvgIpc) is 2.48. The summed E-state index contributed by atoms with van der Waals surface area (Å²) in [6, 6.07) is 16.7. The Kier molecular flexibility index (Phi) is 4.70. The highest BCUT2D eigenvalue weighted by atomic mass is 16.3. The van der Waals surface area contributed by atoms with Crippen LogP contribution in [0.3, 0.4) is 0 Å². The maximum Gasteiger partial charge on any atom is 0.160 e. The third-order valence-corrected chi connectivity index (χ3v) is 3.00. The van der Waals surface area contributed by atoms with Crippen LogP contribution in [-0.4, -0.2) is 10.9 Å². The molecule has 0 aliphatic heterocycles. The lowest BCUT2D eigenvalue weighted by Gasteiger charge is -2.11. The molecule has 0 radical (unpaired) electrons. The smallest absolute Gasteiger partial charge is 0.160 e. The summed E-state index contributed by atoms with van der Waals surface area (Å²) < 4.78 is 0. The van der Waals surface area contributed by atoms with Gasteiger partial charge in [-0.3, -0.25) is 4.79 Å². The van der Waals surface area contributed by atoms with Crippen LogP contribution in [0.4, 0.5) is 0 Å². The van der Waals surface area contributed by atoms with E-state index in [1.165, 1.54) is 6.92 Å². The van der Waals surface area contributed by atoms with Crippen molar-refractivity contribution >= 4 is 5.78 Å². The maximum absolute atomic E-state index is 11.5. The van der Waals surface area contributed by atoms with Crippen LogP contribution >= 0.6 is 0 Å². The van der Waals surface area contributed by atoms with E-state index in [0.29, 0.717) is 17.5 Å². The van der Waals surface area contributed by atoms with Crippen LogP contribution in [0, 0.1) is 11.8 Å². The topological polar surface area (TPSA) is 37.3 Å². The highest BCUT2D eigenvalue weighted by Crippen LogP contribution is 2.21. The standard InChI is InChI=1S/C18H16O2/c1-14(19)16-11-5-6-12-17(16)18(20)13-7-10-15-8-3-2-4-9-15/h2-6,8-9,11-12,18,20H,13H2,1H3. The first-order valence-electron chi connectivity index (χ1n) is 6.50. The number of benzene rings is 2. The van der Waals surface area contributed by atoms with E-state index in [4.69, 9.17) is 0 Å². The van der Waals surface area contributed by atoms with Gasteiger partial charge in [0.2, 0.25) is 0 Å². The first-order valence-corrected chi connectivity index (χ1v) is 6.50. The molecule has 1 unspecified atom stereocenters. The predicted molar refractivity (Wildman–Crippen MR) is 79.3 cm³/mol. The second-order valence-corrected chi connectivity index (χ2v) is 4.53. The first kappa shape index (κ1) is 14.0. The van der Waals surface area contributed by atoms with Gasteiger partial charge in [-0.05, 0) is 24.6 Å². The van der Waals surface area contributed by atoms with Crippen molar-refractivity contribution in [2.24, 2.45) is 0 Å². The molecule has 0 saturated carbocycles. The summed E-state index contributed by atoms with van der Waals surface area (Å²) in [5.41, 5.74) is 2.11. The van der Waals surface area contributed by atoms with Gasteiger partial charge in [-0.2, -0.15) is 0 Å². The Morgan fingerprint density at radius 2 is 1.75 bits per heavy atom. The van der Waals surface area contributed by atoms with Gasteiger partial charge in [0.15, 0.2) is 5.78 Å². The molecular formula is C18H16O2. The van der Waals surface area contributed by atoms with Crippen LogP contribution in [0.15, 0.2) is 54.6 Å². The molecule has 20 heavy (non-hydrogen) atoms. The fourth-order valence-corrected chi connectivity index (χ4v) is 1.99. The van der Waals surface area contributed by atoms with Gasteiger partial charge in [-0.15, -0.1) is 0 Å². The molecule has 0 bridgehead atoms. The van der Waals surface area contributed by atoms with Crippen LogP contribution in [0.5, 0.6) is 0 Å². The van der Waals surface area contributed by atoms with Gasteiger partial charge in [0.1, 0.15) is 0 Å². The highest BCUT2D eigenvalue weighted by Gasteiger charge is 2.13. The van der Waals surface area contributed by atoms with Gasteiger partial charge in [-0.25, -0.2) is 0 Å². The van der Waals surface area contributed by atoms with Crippen LogP contribution < -0.4 is 0 Å². The quantitative estimate of drug-likeness (QED) is 0.681. The molecule has 0 heterocycles. The molecule has 100 valence electrons. The maximum atomic E-state index is 11.5. The molecule has 0 saturated heterocycles. The number of ketones is 1. The van der Waals surface area contributed by atoms with Gasteiger partial charge in [-0.1, -0.05) is 54.3 Å². The minimum Gasteiger partial charge on any atom is -0.387 e. The number of aliphatic hydroxyl groups is 1. The fraction of sp³-hybridized carbons (Fsp3) is 0.167. The molecule has 0 amide bonds. The van der Waals surface area contributed by atoms with E-state index in [1.54, 1.807) is 18.2 Å². The number of hydrogen-bond acceptors (Lipinski definition) is 2. The molecule has 1 N–H and O–H groups in total. The normalized spacial score (nSPS) is 11.3. The summed E-state index contributed by atoms with van der Waals surface area (Å²) in [4.78, 5) is 11.5. The summed E-state index contributed by atoms with van der Waals surface area (Å²) >= 11 is 0. The van der Waals surface area contributed by atoms with Crippen molar-refractivity contribution in [1.29, 1.82) is 0 Å². The number of carbonyl (C=O) groups is 1. The van der Waals surface area contributed by atoms with Gasteiger partial charge in [0.25, 0.3) is 0 Å². The van der Waals surface area contributed by atoms with Gasteiger partial charge >= 0.3 is 0 Å². The van der Waals surface area contributed by atoms with E-state index in [1.807, 2.05) is 36.4 Å². The SMILES string of the molecule is CC(=O)c1ccccc1C(O)CC#Cc1ccccc1. The lowest BCUT2D eigenvalue weighted by Crippen LogP contribution is -2.04. The Labute approximate surface area is 119 Å². The van der Waals surface area contributed by atoms with E-state index in [0.717, 1.165) is 5.56 Å². The first-order chi connectivity index (χ1) is 9.68. The zero-order valence-corrected chi connectivity index (χ0v) is 11.3. The molecular weight excluding hydrogens is 248 g/mol. The van der Waals surface area contributed by atoms with E-state index in [2.05, 4.69) is 11.8 Å². The van der Waals surface area contributed by atoms with Crippen LogP contribution in [0.2, 0.25) is 0 Å². The minimum atomic E-state index is -0.744. The second kappa shape index (κ2) is 6.70. The molecule has 0 fully saturated rings. The molecule has 0 aromatic heterocycles. The van der Waals surface area contributed by atoms with Crippen LogP contribution in [0.1, 0.15) is 40.9 Å². The van der Waals surface area contributed by atoms with Crippen LogP contribution in [0.25, 0.3) is 0 Å². The Bertz CT molecular complexity index is 648. The predicted octanol–water partition coefficient (Wildman–Crippen LogP) is 3.36. The van der Waals surface area contributed by atoms with Crippen molar-refractivity contribution in [3.63, 3.8) is 0 Å². The lowest BCUT2D eigenvalue weighted by atomic mass is 9.98. The lowest BCUT2D eigenvalue weighted by molar-refractivity contribution is 0.101. The molecule has 1 atom stereocenters. The Morgan fingerprint density at radius 1 is 1.10 bits per heavy atom. The van der Waals surface area contributed by atoms with Crippen LogP contribution in [-0.2, 0) is 0 Å². The van der Waals surface area contributed by atoms with E-state index in [-0.39, 0.29) is 5.78 Å². The fourth-order valence-electron chi connectivity index (χ4n) is 1.99. The minimum absolute atomic E-state index is 0.0457. The highest BCUT2D eigenvalue weighted by molar-refractivity contribution is 5.95. The Hall–Kier alpha value is -2.37. The van der Waals surface area contributed by atoms with E-state index >= 15 is 0 Å². The summed E-state index contributed by atoms with van der Waals surface area (Å²) in [6.07, 6.45) is -0.439. The van der Waals surface area contributed by atoms with Crippen molar-refractivity contribution in [3.05, 3.63) is 71.3 Å². The van der Waals surface area contributed by atoms with Crippen molar-refractivity contribution in [3.8, 4) is 11.8 Å². The average molecular weight is 264 g/mol. The van der Waals surface area contributed by atoms with Crippen molar-refractivity contribution in [2.75, 3.05) is 0 Å². The summed E-state index contributed by atoms with van der Waals surface area (Å²) in [5.74, 6) is 5.91. The van der Waals surface area contributed by atoms with E-state index in [9.17, 15) is 9.90 Å². The molecule has 2 aromatic carbocycles. The molecule has 2 heteroatoms. The number of carbonyl (C=O) groups excluding carboxylic acids is 1. The molecule has 0 aliphatic rings. The van der Waals surface area contributed by atoms with Gasteiger partial charge < -0.3 is 5.11 Å². The summed E-state index contributed by atoms with van der Waals surface area (Å²) in [7, 11) is 0. The monoisotopic (exact) mass is 264 g/mol. The number of hydrogen-bond donors (Lipinski definition) is 1. The van der Waals surface area contributed by atoms with Gasteiger partial charge in [0, 0.05) is 17.5 Å². The summed E-state index contributed by atoms with van der Waals surface area (Å²) in [6.45, 7) is 1.50. The number of rotatable bonds is 3. The van der Waals surface area contributed by atoms with Crippen molar-refractivity contribution < 1.29 is 9.90 Å². The van der Waals surface area contributed by atoms with Crippen molar-refractivity contribution in [2.45, 2.75) is 19.4 Å². The van der Waals surface area contributed by atoms with Crippen molar-refractivity contribution in [1.82, 2.24) is 0 Å². The second-order valence-electron chi connectivity index (χ2n) is 4.53. The zero-order valence-electron chi connectivity index (χ0n) is 11.3. The van der Waals surface area contributed by atoms with E-state index < -0.39 is 6.10 Å². The third-order valence-electron chi connectivity index (χ3n) is 3.00. The molecule has 0 spiro atoms. The number of Topliss-reactive ketones (excluding diaryl/α,β-unsaturated/α-hetero) is 1. The zero-order chi connectivity index (χ0) is 14.4. The largest absolute Gasteiger partial charge is 0.387 e. The summed E-state index contributed by atoms with van der Waals surface area (Å²) in [5, 5.41) is 10.2. The molecule has 2 nitrogen and oxygen atoms in total. The van der Waals surface area contributed by atoms with Gasteiger partial charge in [0.05, 0.1) is 6.10 Å².